The molecule has 5 nitrogen and oxygen atoms in total. The highest BCUT2D eigenvalue weighted by atomic mass is 16.4. The molecule has 0 saturated heterocycles. The van der Waals surface area contributed by atoms with Gasteiger partial charge in [-0.05, 0) is 12.3 Å². The molecule has 1 unspecified atom stereocenters. The van der Waals surface area contributed by atoms with Crippen molar-refractivity contribution in [3.63, 3.8) is 0 Å². The normalized spacial score (nSPS) is 12.6. The van der Waals surface area contributed by atoms with Crippen LogP contribution in [0.5, 0.6) is 28.7 Å². The maximum Gasteiger partial charge on any atom is 0.208 e. The van der Waals surface area contributed by atoms with E-state index in [1.54, 1.807) is 6.92 Å². The van der Waals surface area contributed by atoms with Gasteiger partial charge in [-0.3, -0.25) is 0 Å². The Morgan fingerprint density at radius 3 is 1.56 bits per heavy atom. The second-order valence-electron chi connectivity index (χ2n) is 3.85. The zero-order chi connectivity index (χ0) is 12.5. The molecule has 0 aromatic heterocycles. The van der Waals surface area contributed by atoms with Gasteiger partial charge >= 0.3 is 0 Å². The van der Waals surface area contributed by atoms with Crippen LogP contribution >= 0.6 is 0 Å². The molecule has 0 fully saturated rings. The van der Waals surface area contributed by atoms with Crippen molar-refractivity contribution >= 4 is 0 Å². The number of benzene rings is 1. The van der Waals surface area contributed by atoms with Crippen LogP contribution in [0.25, 0.3) is 0 Å². The standard InChI is InChI=1S/C11H16O5/c1-3-4-5(2)6-7(12)9(14)11(16)10(15)8(6)13/h5,12-16H,3-4H2,1-2H3. The minimum atomic E-state index is -0.914. The molecule has 0 aliphatic heterocycles. The summed E-state index contributed by atoms with van der Waals surface area (Å²) in [6, 6.07) is 0. The fourth-order valence-corrected chi connectivity index (χ4v) is 1.75. The maximum absolute atomic E-state index is 9.60. The van der Waals surface area contributed by atoms with Crippen molar-refractivity contribution in [3.05, 3.63) is 5.56 Å². The summed E-state index contributed by atoms with van der Waals surface area (Å²) in [5.41, 5.74) is 0.0506. The number of phenolic OH excluding ortho intramolecular Hbond substituents is 5. The molecule has 1 rings (SSSR count). The average molecular weight is 228 g/mol. The number of hydrogen-bond acceptors (Lipinski definition) is 5. The zero-order valence-corrected chi connectivity index (χ0v) is 9.23. The molecule has 1 atom stereocenters. The first-order chi connectivity index (χ1) is 7.41. The average Bonchev–Trinajstić information content (AvgIpc) is 2.24. The molecule has 0 aliphatic carbocycles. The van der Waals surface area contributed by atoms with E-state index in [0.717, 1.165) is 6.42 Å². The highest BCUT2D eigenvalue weighted by Gasteiger charge is 2.25. The predicted octanol–water partition coefficient (Wildman–Crippen LogP) is 2.12. The van der Waals surface area contributed by atoms with Crippen molar-refractivity contribution in [1.82, 2.24) is 0 Å². The lowest BCUT2D eigenvalue weighted by Gasteiger charge is -2.17. The Hall–Kier alpha value is -1.78. The molecule has 0 bridgehead atoms. The smallest absolute Gasteiger partial charge is 0.208 e. The molecule has 16 heavy (non-hydrogen) atoms. The molecule has 0 saturated carbocycles. The van der Waals surface area contributed by atoms with E-state index in [-0.39, 0.29) is 11.5 Å². The van der Waals surface area contributed by atoms with Crippen LogP contribution in [0.1, 0.15) is 38.2 Å². The Morgan fingerprint density at radius 1 is 0.812 bits per heavy atom. The second-order valence-corrected chi connectivity index (χ2v) is 3.85. The quantitative estimate of drug-likeness (QED) is 0.403. The molecule has 5 heteroatoms. The van der Waals surface area contributed by atoms with Crippen molar-refractivity contribution in [1.29, 1.82) is 0 Å². The van der Waals surface area contributed by atoms with Gasteiger partial charge in [0.15, 0.2) is 11.5 Å². The number of hydrogen-bond donors (Lipinski definition) is 5. The molecule has 5 N–H and O–H groups in total. The Balaban J connectivity index is 3.39. The van der Waals surface area contributed by atoms with Gasteiger partial charge in [-0.1, -0.05) is 20.3 Å². The van der Waals surface area contributed by atoms with Crippen LogP contribution in [0, 0.1) is 0 Å². The predicted molar refractivity (Wildman–Crippen MR) is 58.1 cm³/mol. The Morgan fingerprint density at radius 2 is 1.19 bits per heavy atom. The summed E-state index contributed by atoms with van der Waals surface area (Å²) in [4.78, 5) is 0. The summed E-state index contributed by atoms with van der Waals surface area (Å²) in [7, 11) is 0. The Kier molecular flexibility index (Phi) is 3.37. The lowest BCUT2D eigenvalue weighted by Crippen LogP contribution is -1.95. The van der Waals surface area contributed by atoms with Gasteiger partial charge in [-0.15, -0.1) is 0 Å². The molecular formula is C11H16O5. The zero-order valence-electron chi connectivity index (χ0n) is 9.23. The fourth-order valence-electron chi connectivity index (χ4n) is 1.75. The summed E-state index contributed by atoms with van der Waals surface area (Å²) in [6.45, 7) is 3.68. The van der Waals surface area contributed by atoms with Gasteiger partial charge in [0.1, 0.15) is 0 Å². The fraction of sp³-hybridized carbons (Fsp3) is 0.455. The third-order valence-electron chi connectivity index (χ3n) is 2.62. The van der Waals surface area contributed by atoms with Crippen LogP contribution in [0.2, 0.25) is 0 Å². The van der Waals surface area contributed by atoms with Crippen LogP contribution in [-0.2, 0) is 0 Å². The first kappa shape index (κ1) is 12.3. The lowest BCUT2D eigenvalue weighted by atomic mass is 9.93. The van der Waals surface area contributed by atoms with Gasteiger partial charge < -0.3 is 25.5 Å². The van der Waals surface area contributed by atoms with Gasteiger partial charge in [-0.2, -0.15) is 0 Å². The van der Waals surface area contributed by atoms with Crippen LogP contribution in [0.4, 0.5) is 0 Å². The molecule has 1 aromatic carbocycles. The molecule has 0 spiro atoms. The van der Waals surface area contributed by atoms with E-state index in [4.69, 9.17) is 0 Å². The molecule has 1 aromatic rings. The molecule has 0 heterocycles. The monoisotopic (exact) mass is 228 g/mol. The van der Waals surface area contributed by atoms with Gasteiger partial charge in [0.25, 0.3) is 0 Å². The highest BCUT2D eigenvalue weighted by molar-refractivity contribution is 5.68. The van der Waals surface area contributed by atoms with Crippen molar-refractivity contribution < 1.29 is 25.5 Å². The van der Waals surface area contributed by atoms with E-state index >= 15 is 0 Å². The van der Waals surface area contributed by atoms with Crippen LogP contribution in [0.3, 0.4) is 0 Å². The van der Waals surface area contributed by atoms with Crippen LogP contribution in [-0.4, -0.2) is 25.5 Å². The Bertz CT molecular complexity index is 371. The van der Waals surface area contributed by atoms with Gasteiger partial charge in [0, 0.05) is 5.56 Å². The number of rotatable bonds is 3. The summed E-state index contributed by atoms with van der Waals surface area (Å²) in [5, 5.41) is 47.1. The minimum Gasteiger partial charge on any atom is -0.504 e. The van der Waals surface area contributed by atoms with E-state index in [1.807, 2.05) is 6.92 Å². The van der Waals surface area contributed by atoms with Crippen LogP contribution in [0.15, 0.2) is 0 Å². The molecule has 90 valence electrons. The van der Waals surface area contributed by atoms with Crippen molar-refractivity contribution in [2.45, 2.75) is 32.6 Å². The second kappa shape index (κ2) is 4.38. The van der Waals surface area contributed by atoms with Crippen molar-refractivity contribution in [2.24, 2.45) is 0 Å². The summed E-state index contributed by atoms with van der Waals surface area (Å²) < 4.78 is 0. The first-order valence-corrected chi connectivity index (χ1v) is 5.10. The number of aromatic hydroxyl groups is 5. The van der Waals surface area contributed by atoms with E-state index in [2.05, 4.69) is 0 Å². The third kappa shape index (κ3) is 1.80. The topological polar surface area (TPSA) is 101 Å². The summed E-state index contributed by atoms with van der Waals surface area (Å²) >= 11 is 0. The number of phenols is 5. The van der Waals surface area contributed by atoms with Crippen molar-refractivity contribution in [2.75, 3.05) is 0 Å². The van der Waals surface area contributed by atoms with E-state index < -0.39 is 28.7 Å². The van der Waals surface area contributed by atoms with Gasteiger partial charge in [0.05, 0.1) is 0 Å². The van der Waals surface area contributed by atoms with Crippen molar-refractivity contribution in [3.8, 4) is 28.7 Å². The van der Waals surface area contributed by atoms with Crippen LogP contribution < -0.4 is 0 Å². The molecule has 0 radical (unpaired) electrons. The third-order valence-corrected chi connectivity index (χ3v) is 2.62. The van der Waals surface area contributed by atoms with Gasteiger partial charge in [0.2, 0.25) is 17.2 Å². The maximum atomic E-state index is 9.60. The lowest BCUT2D eigenvalue weighted by molar-refractivity contribution is 0.321. The summed E-state index contributed by atoms with van der Waals surface area (Å²) in [5.74, 6) is -3.95. The summed E-state index contributed by atoms with van der Waals surface area (Å²) in [6.07, 6.45) is 1.49. The molecule has 0 amide bonds. The van der Waals surface area contributed by atoms with E-state index in [1.165, 1.54) is 0 Å². The molecular weight excluding hydrogens is 212 g/mol. The largest absolute Gasteiger partial charge is 0.504 e. The highest BCUT2D eigenvalue weighted by Crippen LogP contribution is 2.53. The minimum absolute atomic E-state index is 0.0506. The molecule has 0 aliphatic rings. The van der Waals surface area contributed by atoms with Gasteiger partial charge in [-0.25, -0.2) is 0 Å². The Labute approximate surface area is 93.2 Å². The van der Waals surface area contributed by atoms with E-state index in [0.29, 0.717) is 6.42 Å². The van der Waals surface area contributed by atoms with E-state index in [9.17, 15) is 25.5 Å². The first-order valence-electron chi connectivity index (χ1n) is 5.10. The SMILES string of the molecule is CCCC(C)c1c(O)c(O)c(O)c(O)c1O.